The maximum Gasteiger partial charge on any atom is -1.00 e. The van der Waals surface area contributed by atoms with Gasteiger partial charge in [-0.2, -0.15) is 0 Å². The molecule has 0 saturated heterocycles. The van der Waals surface area contributed by atoms with Gasteiger partial charge in [-0.05, 0) is 0 Å². The average molecular weight is 600 g/mol. The molecule has 0 fully saturated rings. The average Bonchev–Trinajstić information content (AvgIpc) is 3.32. The van der Waals surface area contributed by atoms with Gasteiger partial charge in [0.1, 0.15) is 0 Å². The number of allylic oxidation sites excluding steroid dienone is 1. The molecule has 2 unspecified atom stereocenters. The summed E-state index contributed by atoms with van der Waals surface area (Å²) in [4.78, 5) is 0. The van der Waals surface area contributed by atoms with Crippen molar-refractivity contribution in [2.24, 2.45) is 0 Å². The van der Waals surface area contributed by atoms with E-state index in [9.17, 15) is 0 Å². The summed E-state index contributed by atoms with van der Waals surface area (Å²) >= 11 is -0.677. The molecule has 3 aromatic rings. The third-order valence-corrected chi connectivity index (χ3v) is 11.0. The fraction of sp³-hybridized carbons (Fsp3) is 0.300. The van der Waals surface area contributed by atoms with E-state index in [1.165, 1.54) is 22.3 Å². The molecule has 0 saturated carbocycles. The van der Waals surface area contributed by atoms with E-state index < -0.39 is 31.1 Å². The Bertz CT molecular complexity index is 1250. The number of hydrogen-bond acceptors (Lipinski definition) is 1. The molecule has 0 radical (unpaired) electrons. The van der Waals surface area contributed by atoms with Crippen LogP contribution < -0.4 is 24.8 Å². The van der Waals surface area contributed by atoms with E-state index in [4.69, 9.17) is 4.43 Å². The van der Waals surface area contributed by atoms with Gasteiger partial charge in [0.15, 0.2) is 0 Å². The summed E-state index contributed by atoms with van der Waals surface area (Å²) in [5, 5.41) is 0. The van der Waals surface area contributed by atoms with E-state index in [1.807, 2.05) is 0 Å². The molecular formula is C30H33Cl2OSiZr. The fourth-order valence-corrected chi connectivity index (χ4v) is 9.35. The topological polar surface area (TPSA) is 9.23 Å². The van der Waals surface area contributed by atoms with Gasteiger partial charge in [-0.3, -0.25) is 0 Å². The van der Waals surface area contributed by atoms with Gasteiger partial charge >= 0.3 is 212 Å². The Hall–Kier alpha value is -1.09. The molecule has 0 spiro atoms. The minimum absolute atomic E-state index is 0. The molecule has 0 heterocycles. The molecule has 181 valence electrons. The van der Waals surface area contributed by atoms with Crippen LogP contribution >= 0.6 is 0 Å². The summed E-state index contributed by atoms with van der Waals surface area (Å²) in [6.07, 6.45) is 4.67. The molecule has 5 heteroatoms. The van der Waals surface area contributed by atoms with Crippen LogP contribution in [0.25, 0.3) is 17.2 Å². The second-order valence-electron chi connectivity index (χ2n) is 10.1. The molecule has 35 heavy (non-hydrogen) atoms. The van der Waals surface area contributed by atoms with Crippen molar-refractivity contribution in [1.29, 1.82) is 0 Å². The van der Waals surface area contributed by atoms with Crippen LogP contribution in [0.4, 0.5) is 0 Å². The number of fused-ring (bicyclic) bond motifs is 4. The summed E-state index contributed by atoms with van der Waals surface area (Å²) in [5.74, 6) is 0.371. The van der Waals surface area contributed by atoms with Gasteiger partial charge in [0.2, 0.25) is 0 Å². The molecule has 0 bridgehead atoms. The summed E-state index contributed by atoms with van der Waals surface area (Å²) in [6.45, 7) is 9.98. The van der Waals surface area contributed by atoms with Crippen LogP contribution in [0.2, 0.25) is 19.6 Å². The van der Waals surface area contributed by atoms with Crippen LogP contribution in [0.3, 0.4) is 0 Å². The summed E-state index contributed by atoms with van der Waals surface area (Å²) in [7, 11) is -1.46. The van der Waals surface area contributed by atoms with Crippen LogP contribution in [-0.4, -0.2) is 18.6 Å². The molecule has 1 nitrogen and oxygen atoms in total. The van der Waals surface area contributed by atoms with Gasteiger partial charge < -0.3 is 24.8 Å². The van der Waals surface area contributed by atoms with Gasteiger partial charge in [0.25, 0.3) is 0 Å². The standard InChI is InChI=1S/C28H29OSi.C2H4.2ClH.Zr/c1-30(2,3)29-17-9-12-22-18-20-10-5-7-14-24(20)28(22)26-16-8-15-25-23-13-6-4-11-21(23)19-27(25)26;1-2;;;/h4-8,10-11,13-16,18-19,28H,9,12,17H2,1-3H3;1H,2H3;2*1H;/q;;;;+2/p-2. The van der Waals surface area contributed by atoms with Crippen molar-refractivity contribution in [1.82, 2.24) is 0 Å². The first-order chi connectivity index (χ1) is 16.0. The molecule has 3 aromatic carbocycles. The van der Waals surface area contributed by atoms with Crippen molar-refractivity contribution in [3.63, 3.8) is 0 Å². The Morgan fingerprint density at radius 2 is 1.49 bits per heavy atom. The molecule has 0 amide bonds. The predicted molar refractivity (Wildman–Crippen MR) is 140 cm³/mol. The van der Waals surface area contributed by atoms with Crippen molar-refractivity contribution in [3.8, 4) is 11.1 Å². The van der Waals surface area contributed by atoms with Crippen LogP contribution in [0.5, 0.6) is 0 Å². The molecule has 2 atom stereocenters. The minimum atomic E-state index is -1.46. The molecule has 0 aromatic heterocycles. The zero-order valence-electron chi connectivity index (χ0n) is 20.9. The zero-order chi connectivity index (χ0) is 23.0. The van der Waals surface area contributed by atoms with E-state index in [1.54, 1.807) is 22.3 Å². The molecule has 0 N–H and O–H groups in total. The number of halogens is 2. The van der Waals surface area contributed by atoms with E-state index in [-0.39, 0.29) is 24.8 Å². The summed E-state index contributed by atoms with van der Waals surface area (Å²) in [5.41, 5.74) is 12.1. The van der Waals surface area contributed by atoms with E-state index in [0.717, 1.165) is 19.4 Å². The first kappa shape index (κ1) is 28.5. The number of rotatable bonds is 7. The molecular weight excluding hydrogens is 567 g/mol. The van der Waals surface area contributed by atoms with Crippen molar-refractivity contribution in [2.75, 3.05) is 6.61 Å². The SMILES string of the molecule is C[CH]=[Zr+2][CH]1c2ccccc2-c2cccc(C3C(CCCO[Si](C)(C)C)=Cc4ccccc43)c21.[Cl-].[Cl-]. The number of benzene rings is 3. The third kappa shape index (κ3) is 5.76. The number of hydrogen-bond donors (Lipinski definition) is 0. The maximum absolute atomic E-state index is 6.19. The Labute approximate surface area is 235 Å². The first-order valence-electron chi connectivity index (χ1n) is 12.2. The Morgan fingerprint density at radius 3 is 2.23 bits per heavy atom. The Morgan fingerprint density at radius 1 is 0.829 bits per heavy atom. The summed E-state index contributed by atoms with van der Waals surface area (Å²) < 4.78 is 9.31. The van der Waals surface area contributed by atoms with Crippen LogP contribution in [0.1, 0.15) is 57.1 Å². The zero-order valence-corrected chi connectivity index (χ0v) is 25.9. The molecule has 2 aliphatic carbocycles. The monoisotopic (exact) mass is 597 g/mol. The van der Waals surface area contributed by atoms with Crippen LogP contribution in [-0.2, 0) is 27.2 Å². The molecule has 2 aliphatic rings. The molecule has 5 rings (SSSR count). The van der Waals surface area contributed by atoms with Crippen molar-refractivity contribution in [2.45, 2.75) is 49.0 Å². The predicted octanol–water partition coefficient (Wildman–Crippen LogP) is 1.83. The summed E-state index contributed by atoms with van der Waals surface area (Å²) in [6, 6.07) is 25.2. The molecule has 0 aliphatic heterocycles. The smallest absolute Gasteiger partial charge is 1.00 e. The van der Waals surface area contributed by atoms with Crippen molar-refractivity contribution >= 4 is 18.1 Å². The van der Waals surface area contributed by atoms with E-state index in [2.05, 4.69) is 103 Å². The van der Waals surface area contributed by atoms with Crippen LogP contribution in [0, 0.1) is 0 Å². The second kappa shape index (κ2) is 12.0. The largest absolute Gasteiger partial charge is 1.00 e. The van der Waals surface area contributed by atoms with Gasteiger partial charge in [-0.1, -0.05) is 0 Å². The third-order valence-electron chi connectivity index (χ3n) is 6.80. The Balaban J connectivity index is 0.00000171. The Kier molecular flexibility index (Phi) is 9.74. The van der Waals surface area contributed by atoms with Gasteiger partial charge in [-0.25, -0.2) is 0 Å². The van der Waals surface area contributed by atoms with Crippen molar-refractivity contribution in [3.05, 3.63) is 100 Å². The van der Waals surface area contributed by atoms with Gasteiger partial charge in [0.05, 0.1) is 0 Å². The van der Waals surface area contributed by atoms with Gasteiger partial charge in [0, 0.05) is 0 Å². The van der Waals surface area contributed by atoms with E-state index >= 15 is 0 Å². The van der Waals surface area contributed by atoms with Gasteiger partial charge in [-0.15, -0.1) is 0 Å². The van der Waals surface area contributed by atoms with Crippen LogP contribution in [0.15, 0.2) is 72.3 Å². The maximum atomic E-state index is 6.19. The fourth-order valence-electron chi connectivity index (χ4n) is 5.51. The van der Waals surface area contributed by atoms with Crippen molar-refractivity contribution < 1.29 is 52.0 Å². The van der Waals surface area contributed by atoms with E-state index in [0.29, 0.717) is 9.54 Å². The minimum Gasteiger partial charge on any atom is -1.00 e. The quantitative estimate of drug-likeness (QED) is 0.298. The normalized spacial score (nSPS) is 17.5. The second-order valence-corrected chi connectivity index (χ2v) is 18.3. The first-order valence-corrected chi connectivity index (χ1v) is 18.4.